The molecule has 352 valence electrons. The standard InChI is InChI=1S/C23H23F2N5O3.C16H11ClF2N4O.C7H13NO2/c1-13(31)19-8-18(28-30(19)10-14-6-4-5-7-16(14)24)20-26-9-17(25)21(27-20)29-11-15(22(32)33)23(2,3)12-29;1-9(24)14-6-13(16-20-7-12(19)15(17)21-16)22-23(14)8-10-4-2-3-5-11(10)18;1-7(2)4-8-3-5(7)6(9)10/h4-9,15H,10-12H2,1-3H3,(H,32,33);2-7H,8H2,1H3;5,8H,3-4H2,1-2H3,(H,9,10). The lowest BCUT2D eigenvalue weighted by Gasteiger charge is -2.22. The maximum Gasteiger partial charge on any atom is 0.308 e. The van der Waals surface area contributed by atoms with E-state index in [2.05, 4.69) is 35.5 Å². The van der Waals surface area contributed by atoms with E-state index in [1.165, 1.54) is 47.5 Å². The van der Waals surface area contributed by atoms with Crippen molar-refractivity contribution < 1.29 is 47.0 Å². The van der Waals surface area contributed by atoms with E-state index in [-0.39, 0.29) is 87.9 Å². The van der Waals surface area contributed by atoms with Crippen LogP contribution in [0.2, 0.25) is 5.15 Å². The summed E-state index contributed by atoms with van der Waals surface area (Å²) in [4.78, 5) is 63.7. The summed E-state index contributed by atoms with van der Waals surface area (Å²) in [6, 6.07) is 15.3. The Hall–Kier alpha value is -6.93. The van der Waals surface area contributed by atoms with Crippen LogP contribution in [0.3, 0.4) is 0 Å². The van der Waals surface area contributed by atoms with E-state index in [1.54, 1.807) is 41.3 Å². The largest absolute Gasteiger partial charge is 0.481 e. The van der Waals surface area contributed by atoms with Crippen LogP contribution >= 0.6 is 11.6 Å². The normalized spacial score (nSPS) is 17.0. The zero-order valence-corrected chi connectivity index (χ0v) is 38.0. The zero-order chi connectivity index (χ0) is 49.0. The van der Waals surface area contributed by atoms with Crippen molar-refractivity contribution in [2.75, 3.05) is 31.1 Å². The number of benzene rings is 2. The molecule has 2 aliphatic rings. The lowest BCUT2D eigenvalue weighted by Crippen LogP contribution is -2.28. The molecule has 0 spiro atoms. The molecule has 21 heteroatoms. The minimum Gasteiger partial charge on any atom is -0.481 e. The SMILES string of the molecule is CC(=O)c1cc(-c2ncc(F)c(Cl)n2)nn1Cc1ccccc1F.CC(=O)c1cc(-c2ncc(F)c(N3CC(C(=O)O)C(C)(C)C3)n2)nn1Cc1ccccc1F.CC1(C)CNCC1C(=O)O. The first-order valence-electron chi connectivity index (χ1n) is 20.8. The molecule has 0 saturated carbocycles. The van der Waals surface area contributed by atoms with E-state index >= 15 is 0 Å². The molecule has 2 aromatic carbocycles. The van der Waals surface area contributed by atoms with Crippen molar-refractivity contribution in [3.8, 4) is 23.0 Å². The average Bonchev–Trinajstić information content (AvgIpc) is 4.05. The Balaban J connectivity index is 0.000000189. The van der Waals surface area contributed by atoms with E-state index in [9.17, 15) is 41.8 Å². The van der Waals surface area contributed by atoms with Gasteiger partial charge in [-0.2, -0.15) is 10.2 Å². The third-order valence-electron chi connectivity index (χ3n) is 11.4. The van der Waals surface area contributed by atoms with Crippen LogP contribution in [-0.4, -0.2) is 99.4 Å². The van der Waals surface area contributed by atoms with E-state index < -0.39 is 46.5 Å². The van der Waals surface area contributed by atoms with E-state index in [0.29, 0.717) is 24.2 Å². The van der Waals surface area contributed by atoms with Gasteiger partial charge in [0.05, 0.1) is 37.3 Å². The van der Waals surface area contributed by atoms with Crippen LogP contribution in [0.1, 0.15) is 73.6 Å². The van der Waals surface area contributed by atoms with Gasteiger partial charge in [-0.3, -0.25) is 28.5 Å². The summed E-state index contributed by atoms with van der Waals surface area (Å²) in [5, 5.41) is 29.6. The second-order valence-electron chi connectivity index (χ2n) is 17.4. The first kappa shape index (κ1) is 49.5. The van der Waals surface area contributed by atoms with E-state index in [4.69, 9.17) is 16.7 Å². The fraction of sp³-hybridized carbons (Fsp3) is 0.348. The van der Waals surface area contributed by atoms with Crippen LogP contribution < -0.4 is 10.2 Å². The first-order valence-corrected chi connectivity index (χ1v) is 21.2. The van der Waals surface area contributed by atoms with Crippen LogP contribution in [0.4, 0.5) is 23.4 Å². The third-order valence-corrected chi connectivity index (χ3v) is 11.7. The van der Waals surface area contributed by atoms with Gasteiger partial charge in [-0.05, 0) is 35.1 Å². The van der Waals surface area contributed by atoms with Crippen molar-refractivity contribution in [2.45, 2.75) is 54.6 Å². The van der Waals surface area contributed by atoms with Gasteiger partial charge in [0.1, 0.15) is 34.4 Å². The van der Waals surface area contributed by atoms with E-state index in [1.807, 2.05) is 27.7 Å². The molecule has 4 aromatic heterocycles. The summed E-state index contributed by atoms with van der Waals surface area (Å²) in [6.45, 7) is 12.3. The molecule has 0 bridgehead atoms. The van der Waals surface area contributed by atoms with Crippen LogP contribution in [0.5, 0.6) is 0 Å². The van der Waals surface area contributed by atoms with Crippen molar-refractivity contribution in [2.24, 2.45) is 22.7 Å². The molecular weight excluding hydrogens is 900 g/mol. The maximum atomic E-state index is 14.6. The molecule has 2 saturated heterocycles. The quantitative estimate of drug-likeness (QED) is 0.0664. The molecule has 2 atom stereocenters. The van der Waals surface area contributed by atoms with Crippen molar-refractivity contribution >= 4 is 40.9 Å². The summed E-state index contributed by atoms with van der Waals surface area (Å²) < 4.78 is 58.5. The van der Waals surface area contributed by atoms with Crippen LogP contribution in [0, 0.1) is 45.9 Å². The smallest absolute Gasteiger partial charge is 0.308 e. The molecule has 2 aliphatic heterocycles. The first-order chi connectivity index (χ1) is 31.6. The highest BCUT2D eigenvalue weighted by molar-refractivity contribution is 6.29. The Bertz CT molecular complexity index is 2840. The van der Waals surface area contributed by atoms with Gasteiger partial charge < -0.3 is 20.4 Å². The molecule has 0 aliphatic carbocycles. The van der Waals surface area contributed by atoms with Gasteiger partial charge in [-0.25, -0.2) is 37.5 Å². The summed E-state index contributed by atoms with van der Waals surface area (Å²) in [5.74, 6) is -5.18. The number of halogens is 5. The van der Waals surface area contributed by atoms with Crippen LogP contribution in [-0.2, 0) is 22.7 Å². The number of anilines is 1. The molecule has 6 aromatic rings. The predicted octanol–water partition coefficient (Wildman–Crippen LogP) is 7.26. The number of carboxylic acid groups (broad SMARTS) is 2. The third kappa shape index (κ3) is 11.5. The van der Waals surface area contributed by atoms with Gasteiger partial charge in [0, 0.05) is 51.2 Å². The maximum absolute atomic E-state index is 14.6. The average molecular weight is 947 g/mol. The number of aliphatic carboxylic acids is 2. The number of ketones is 2. The van der Waals surface area contributed by atoms with Gasteiger partial charge in [0.15, 0.2) is 45.8 Å². The van der Waals surface area contributed by atoms with Crippen LogP contribution in [0.15, 0.2) is 73.1 Å². The number of nitrogens with one attached hydrogen (secondary N) is 1. The number of aromatic nitrogens is 8. The summed E-state index contributed by atoms with van der Waals surface area (Å²) in [5.41, 5.74) is 1.05. The fourth-order valence-corrected chi connectivity index (χ4v) is 7.81. The Kier molecular flexibility index (Phi) is 15.0. The summed E-state index contributed by atoms with van der Waals surface area (Å²) >= 11 is 5.65. The Morgan fingerprint density at radius 2 is 1.18 bits per heavy atom. The number of carboxylic acids is 2. The molecule has 0 amide bonds. The van der Waals surface area contributed by atoms with Gasteiger partial charge in [-0.1, -0.05) is 75.7 Å². The lowest BCUT2D eigenvalue weighted by atomic mass is 9.82. The molecule has 8 rings (SSSR count). The Morgan fingerprint density at radius 1 is 0.701 bits per heavy atom. The van der Waals surface area contributed by atoms with Crippen molar-refractivity contribution in [1.82, 2.24) is 44.8 Å². The number of hydrogen-bond donors (Lipinski definition) is 3. The minimum absolute atomic E-state index is 0.0233. The second kappa shape index (κ2) is 20.3. The molecule has 0 radical (unpaired) electrons. The predicted molar refractivity (Wildman–Crippen MR) is 237 cm³/mol. The van der Waals surface area contributed by atoms with Crippen molar-refractivity contribution in [3.05, 3.63) is 124 Å². The van der Waals surface area contributed by atoms with E-state index in [0.717, 1.165) is 18.9 Å². The monoisotopic (exact) mass is 946 g/mol. The Labute approximate surface area is 387 Å². The molecule has 3 N–H and O–H groups in total. The lowest BCUT2D eigenvalue weighted by molar-refractivity contribution is -0.144. The highest BCUT2D eigenvalue weighted by atomic mass is 35.5. The minimum atomic E-state index is -0.949. The van der Waals surface area contributed by atoms with Gasteiger partial charge in [-0.15, -0.1) is 0 Å². The summed E-state index contributed by atoms with van der Waals surface area (Å²) in [6.07, 6.45) is 1.93. The number of nitrogens with zero attached hydrogens (tertiary/aromatic N) is 9. The van der Waals surface area contributed by atoms with Gasteiger partial charge >= 0.3 is 11.9 Å². The molecule has 2 fully saturated rings. The zero-order valence-electron chi connectivity index (χ0n) is 37.3. The molecular formula is C46H47ClF4N10O6. The summed E-state index contributed by atoms with van der Waals surface area (Å²) in [7, 11) is 0. The van der Waals surface area contributed by atoms with Gasteiger partial charge in [0.25, 0.3) is 0 Å². The second-order valence-corrected chi connectivity index (χ2v) is 17.8. The number of hydrogen-bond acceptors (Lipinski definition) is 12. The number of carbonyl (C=O) groups excluding carboxylic acids is 2. The highest BCUT2D eigenvalue weighted by Crippen LogP contribution is 2.38. The molecule has 16 nitrogen and oxygen atoms in total. The molecule has 6 heterocycles. The number of Topliss-reactive ketones (excluding diaryl/α,β-unsaturated/α-hetero) is 2. The van der Waals surface area contributed by atoms with Crippen LogP contribution in [0.25, 0.3) is 23.0 Å². The number of rotatable bonds is 11. The van der Waals surface area contributed by atoms with Crippen molar-refractivity contribution in [1.29, 1.82) is 0 Å². The molecule has 2 unspecified atom stereocenters. The molecule has 67 heavy (non-hydrogen) atoms. The van der Waals surface area contributed by atoms with Crippen molar-refractivity contribution in [3.63, 3.8) is 0 Å². The topological polar surface area (TPSA) is 211 Å². The van der Waals surface area contributed by atoms with Gasteiger partial charge in [0.2, 0.25) is 0 Å². The highest BCUT2D eigenvalue weighted by Gasteiger charge is 2.45. The number of carbonyl (C=O) groups is 4. The Morgan fingerprint density at radius 3 is 1.58 bits per heavy atom. The fourth-order valence-electron chi connectivity index (χ4n) is 7.68.